The fourth-order valence-corrected chi connectivity index (χ4v) is 5.52. The predicted molar refractivity (Wildman–Crippen MR) is 84.3 cm³/mol. The lowest BCUT2D eigenvalue weighted by Crippen LogP contribution is -2.47. The number of nitrogens with one attached hydrogen (secondary N) is 1. The van der Waals surface area contributed by atoms with E-state index in [0.29, 0.717) is 5.56 Å². The van der Waals surface area contributed by atoms with Crippen molar-refractivity contribution in [3.05, 3.63) is 65.2 Å². The van der Waals surface area contributed by atoms with Crippen molar-refractivity contribution in [3.63, 3.8) is 0 Å². The molecule has 2 unspecified atom stereocenters. The lowest BCUT2D eigenvalue weighted by Gasteiger charge is -2.31. The molecule has 2 aromatic rings. The molecule has 23 heavy (non-hydrogen) atoms. The molecular weight excluding hydrogens is 312 g/mol. The SMILES string of the molecule is O=S1(=O)NC2(ON=C3c4ccccc4CCC32)c2ccccc21. The van der Waals surface area contributed by atoms with Crippen molar-refractivity contribution in [1.82, 2.24) is 4.72 Å². The van der Waals surface area contributed by atoms with Gasteiger partial charge in [0.2, 0.25) is 15.7 Å². The maximum atomic E-state index is 12.5. The van der Waals surface area contributed by atoms with Crippen molar-refractivity contribution >= 4 is 15.7 Å². The summed E-state index contributed by atoms with van der Waals surface area (Å²) in [6.07, 6.45) is 1.68. The minimum atomic E-state index is -3.57. The predicted octanol–water partition coefficient (Wildman–Crippen LogP) is 2.13. The van der Waals surface area contributed by atoms with Crippen LogP contribution >= 0.6 is 0 Å². The van der Waals surface area contributed by atoms with Crippen LogP contribution in [0.15, 0.2) is 58.6 Å². The van der Waals surface area contributed by atoms with Gasteiger partial charge in [0.05, 0.1) is 16.5 Å². The van der Waals surface area contributed by atoms with E-state index in [1.165, 1.54) is 5.56 Å². The van der Waals surface area contributed by atoms with Gasteiger partial charge in [0, 0.05) is 11.1 Å². The zero-order valence-corrected chi connectivity index (χ0v) is 13.0. The molecule has 0 saturated carbocycles. The first kappa shape index (κ1) is 13.3. The molecule has 1 spiro atoms. The molecular formula is C17H14N2O3S. The lowest BCUT2D eigenvalue weighted by molar-refractivity contribution is -0.0593. The summed E-state index contributed by atoms with van der Waals surface area (Å²) in [4.78, 5) is 6.05. The summed E-state index contributed by atoms with van der Waals surface area (Å²) >= 11 is 0. The van der Waals surface area contributed by atoms with E-state index in [4.69, 9.17) is 4.84 Å². The van der Waals surface area contributed by atoms with Crippen molar-refractivity contribution in [2.75, 3.05) is 0 Å². The van der Waals surface area contributed by atoms with Crippen molar-refractivity contribution in [1.29, 1.82) is 0 Å². The zero-order chi connectivity index (χ0) is 15.7. The van der Waals surface area contributed by atoms with Gasteiger partial charge in [-0.1, -0.05) is 47.6 Å². The molecule has 0 radical (unpaired) electrons. The number of benzene rings is 2. The molecule has 3 aliphatic rings. The summed E-state index contributed by atoms with van der Waals surface area (Å²) in [7, 11) is -3.57. The average molecular weight is 326 g/mol. The van der Waals surface area contributed by atoms with Gasteiger partial charge in [-0.3, -0.25) is 0 Å². The van der Waals surface area contributed by atoms with E-state index in [0.717, 1.165) is 24.1 Å². The topological polar surface area (TPSA) is 67.8 Å². The Balaban J connectivity index is 1.70. The van der Waals surface area contributed by atoms with Crippen LogP contribution in [0.2, 0.25) is 0 Å². The molecule has 2 heterocycles. The minimum absolute atomic E-state index is 0.115. The molecule has 2 atom stereocenters. The van der Waals surface area contributed by atoms with Crippen molar-refractivity contribution in [2.45, 2.75) is 23.5 Å². The van der Waals surface area contributed by atoms with Gasteiger partial charge in [-0.25, -0.2) is 8.42 Å². The Morgan fingerprint density at radius 2 is 1.91 bits per heavy atom. The Labute approximate surface area is 134 Å². The minimum Gasteiger partial charge on any atom is -0.366 e. The van der Waals surface area contributed by atoms with Crippen LogP contribution in [-0.2, 0) is 27.0 Å². The highest BCUT2D eigenvalue weighted by Crippen LogP contribution is 2.49. The summed E-state index contributed by atoms with van der Waals surface area (Å²) in [5, 5.41) is 4.29. The monoisotopic (exact) mass is 326 g/mol. The molecule has 5 rings (SSSR count). The molecule has 5 nitrogen and oxygen atoms in total. The number of hydrogen-bond acceptors (Lipinski definition) is 4. The summed E-state index contributed by atoms with van der Waals surface area (Å²) in [6, 6.07) is 15.1. The number of oxime groups is 1. The quantitative estimate of drug-likeness (QED) is 0.806. The molecule has 0 fully saturated rings. The second kappa shape index (κ2) is 4.21. The van der Waals surface area contributed by atoms with Gasteiger partial charge in [-0.2, -0.15) is 4.72 Å². The van der Waals surface area contributed by atoms with Gasteiger partial charge in [0.25, 0.3) is 0 Å². The fraction of sp³-hybridized carbons (Fsp3) is 0.235. The van der Waals surface area contributed by atoms with E-state index in [1.54, 1.807) is 12.1 Å². The molecule has 116 valence electrons. The van der Waals surface area contributed by atoms with E-state index < -0.39 is 15.7 Å². The van der Waals surface area contributed by atoms with Gasteiger partial charge in [-0.05, 0) is 24.5 Å². The van der Waals surface area contributed by atoms with Crippen LogP contribution < -0.4 is 4.72 Å². The number of rotatable bonds is 0. The van der Waals surface area contributed by atoms with Crippen LogP contribution in [0.1, 0.15) is 23.1 Å². The third-order valence-electron chi connectivity index (χ3n) is 4.97. The van der Waals surface area contributed by atoms with E-state index in [1.807, 2.05) is 30.3 Å². The largest absolute Gasteiger partial charge is 0.366 e. The van der Waals surface area contributed by atoms with Crippen molar-refractivity contribution < 1.29 is 13.3 Å². The first-order valence-electron chi connectivity index (χ1n) is 7.60. The number of nitrogens with zero attached hydrogens (tertiary/aromatic N) is 1. The summed E-state index contributed by atoms with van der Waals surface area (Å²) < 4.78 is 27.7. The van der Waals surface area contributed by atoms with Crippen molar-refractivity contribution in [3.8, 4) is 0 Å². The van der Waals surface area contributed by atoms with Crippen LogP contribution in [0.5, 0.6) is 0 Å². The van der Waals surface area contributed by atoms with Crippen molar-refractivity contribution in [2.24, 2.45) is 11.1 Å². The Kier molecular flexibility index (Phi) is 2.43. The zero-order valence-electron chi connectivity index (χ0n) is 12.2. The van der Waals surface area contributed by atoms with Crippen LogP contribution in [0.25, 0.3) is 0 Å². The third kappa shape index (κ3) is 1.59. The molecule has 0 saturated heterocycles. The molecule has 0 amide bonds. The average Bonchev–Trinajstić information content (AvgIpc) is 3.05. The summed E-state index contributed by atoms with van der Waals surface area (Å²) in [5.41, 5.74) is 2.69. The highest BCUT2D eigenvalue weighted by molar-refractivity contribution is 7.89. The Hall–Kier alpha value is -2.18. The maximum absolute atomic E-state index is 12.5. The third-order valence-corrected chi connectivity index (χ3v) is 6.47. The van der Waals surface area contributed by atoms with E-state index in [2.05, 4.69) is 15.9 Å². The standard InChI is InChI=1S/C17H14N2O3S/c20-23(21)15-8-4-3-7-13(15)17(19-23)14-10-9-11-5-1-2-6-12(11)16(14)18-22-17/h1-8,14,19H,9-10H2. The van der Waals surface area contributed by atoms with Gasteiger partial charge in [0.15, 0.2) is 0 Å². The maximum Gasteiger partial charge on any atom is 0.244 e. The highest BCUT2D eigenvalue weighted by atomic mass is 32.2. The van der Waals surface area contributed by atoms with E-state index >= 15 is 0 Å². The highest BCUT2D eigenvalue weighted by Gasteiger charge is 2.59. The van der Waals surface area contributed by atoms with Gasteiger partial charge in [0.1, 0.15) is 0 Å². The second-order valence-corrected chi connectivity index (χ2v) is 7.80. The molecule has 2 aliphatic heterocycles. The molecule has 2 aromatic carbocycles. The second-order valence-electron chi connectivity index (χ2n) is 6.15. The molecule has 1 N–H and O–H groups in total. The van der Waals surface area contributed by atoms with E-state index in [9.17, 15) is 8.42 Å². The van der Waals surface area contributed by atoms with E-state index in [-0.39, 0.29) is 10.8 Å². The molecule has 1 aliphatic carbocycles. The molecule has 0 bridgehead atoms. The van der Waals surface area contributed by atoms with Crippen LogP contribution in [0.3, 0.4) is 0 Å². The number of aryl methyl sites for hydroxylation is 1. The first-order valence-corrected chi connectivity index (χ1v) is 9.08. The number of sulfonamides is 1. The normalized spacial score (nSPS) is 29.4. The van der Waals surface area contributed by atoms with Crippen LogP contribution in [0.4, 0.5) is 0 Å². The molecule has 6 heteroatoms. The first-order chi connectivity index (χ1) is 11.1. The fourth-order valence-electron chi connectivity index (χ4n) is 3.95. The van der Waals surface area contributed by atoms with Crippen LogP contribution in [0, 0.1) is 5.92 Å². The Morgan fingerprint density at radius 1 is 1.13 bits per heavy atom. The number of fused-ring (bicyclic) bond motifs is 6. The smallest absolute Gasteiger partial charge is 0.244 e. The number of hydrogen-bond donors (Lipinski definition) is 1. The van der Waals surface area contributed by atoms with Crippen LogP contribution in [-0.4, -0.2) is 14.1 Å². The molecule has 0 aromatic heterocycles. The lowest BCUT2D eigenvalue weighted by atomic mass is 9.75. The van der Waals surface area contributed by atoms with Gasteiger partial charge < -0.3 is 4.84 Å². The van der Waals surface area contributed by atoms with Gasteiger partial charge in [-0.15, -0.1) is 0 Å². The van der Waals surface area contributed by atoms with Gasteiger partial charge >= 0.3 is 0 Å². The Morgan fingerprint density at radius 3 is 2.83 bits per heavy atom. The Bertz CT molecular complexity index is 967. The summed E-state index contributed by atoms with van der Waals surface area (Å²) in [6.45, 7) is 0. The summed E-state index contributed by atoms with van der Waals surface area (Å²) in [5.74, 6) is -0.115.